The van der Waals surface area contributed by atoms with Gasteiger partial charge in [0.1, 0.15) is 12.6 Å². The monoisotopic (exact) mass is 566 g/mol. The van der Waals surface area contributed by atoms with Crippen molar-refractivity contribution < 1.29 is 15.7 Å². The number of nitrogens with one attached hydrogen (secondary N) is 1. The maximum absolute atomic E-state index is 8.00. The van der Waals surface area contributed by atoms with Gasteiger partial charge in [-0.05, 0) is 75.5 Å². The number of hydrogen-bond acceptors (Lipinski definition) is 7. The second kappa shape index (κ2) is 25.6. The number of aromatic nitrogens is 2. The van der Waals surface area contributed by atoms with Gasteiger partial charge in [-0.3, -0.25) is 4.99 Å². The summed E-state index contributed by atoms with van der Waals surface area (Å²) in [5.41, 5.74) is 10.3. The third-order valence-corrected chi connectivity index (χ3v) is 6.50. The maximum atomic E-state index is 8.00. The molecule has 0 aliphatic carbocycles. The Balaban J connectivity index is -0.000000462. The molecule has 0 spiro atoms. The van der Waals surface area contributed by atoms with Crippen molar-refractivity contribution in [1.29, 1.82) is 0 Å². The first-order chi connectivity index (χ1) is 18.0. The molecule has 7 N–H and O–H groups in total. The fourth-order valence-corrected chi connectivity index (χ4v) is 4.23. The molecule has 0 atom stereocenters. The Hall–Kier alpha value is -2.66. The van der Waals surface area contributed by atoms with Gasteiger partial charge in [-0.2, -0.15) is 0 Å². The summed E-state index contributed by atoms with van der Waals surface area (Å²) in [6.45, 7) is 17.6. The highest BCUT2D eigenvalue weighted by molar-refractivity contribution is 7.80. The third-order valence-electron chi connectivity index (χ3n) is 6.05. The fraction of sp³-hybridized carbons (Fsp3) is 0.552. The SMILES string of the molecule is C=O.CC.CCc1cc(S)c(C)n1C.CCc1cccnc1N1CCCC1.N/C=C\C1=NCCCNC1.O.O. The van der Waals surface area contributed by atoms with Gasteiger partial charge in [0.15, 0.2) is 0 Å². The first-order valence-corrected chi connectivity index (χ1v) is 13.9. The van der Waals surface area contributed by atoms with E-state index in [9.17, 15) is 0 Å². The number of aryl methyl sites for hydroxylation is 2. The molecule has 2 aromatic rings. The first kappa shape index (κ1) is 40.8. The van der Waals surface area contributed by atoms with E-state index in [0.717, 1.165) is 49.5 Å². The lowest BCUT2D eigenvalue weighted by Gasteiger charge is -2.18. The summed E-state index contributed by atoms with van der Waals surface area (Å²) in [7, 11) is 2.08. The zero-order chi connectivity index (χ0) is 28.1. The molecule has 1 fully saturated rings. The van der Waals surface area contributed by atoms with Gasteiger partial charge in [-0.25, -0.2) is 4.98 Å². The Bertz CT molecular complexity index is 928. The number of carbonyl (C=O) groups is 1. The van der Waals surface area contributed by atoms with Gasteiger partial charge in [-0.1, -0.05) is 33.8 Å². The van der Waals surface area contributed by atoms with Crippen LogP contribution in [-0.2, 0) is 24.7 Å². The second-order valence-electron chi connectivity index (χ2n) is 8.32. The van der Waals surface area contributed by atoms with E-state index in [1.807, 2.05) is 39.0 Å². The van der Waals surface area contributed by atoms with Crippen molar-refractivity contribution in [3.63, 3.8) is 0 Å². The van der Waals surface area contributed by atoms with Crippen molar-refractivity contribution >= 4 is 30.9 Å². The number of carbonyl (C=O) groups excluding carboxylic acids is 1. The van der Waals surface area contributed by atoms with Crippen molar-refractivity contribution in [3.8, 4) is 0 Å². The molecule has 4 heterocycles. The molecule has 0 bridgehead atoms. The number of nitrogens with two attached hydrogens (primary N) is 1. The van der Waals surface area contributed by atoms with Gasteiger partial charge in [-0.15, -0.1) is 12.6 Å². The summed E-state index contributed by atoms with van der Waals surface area (Å²) in [5, 5.41) is 3.24. The highest BCUT2D eigenvalue weighted by Gasteiger charge is 2.15. The Morgan fingerprint density at radius 3 is 2.26 bits per heavy atom. The summed E-state index contributed by atoms with van der Waals surface area (Å²) >= 11 is 4.32. The van der Waals surface area contributed by atoms with E-state index in [1.54, 1.807) is 0 Å². The molecule has 2 aliphatic rings. The van der Waals surface area contributed by atoms with Crippen LogP contribution in [0.4, 0.5) is 5.82 Å². The van der Waals surface area contributed by atoms with Crippen molar-refractivity contribution in [3.05, 3.63) is 53.6 Å². The Kier molecular flexibility index (Phi) is 26.8. The minimum atomic E-state index is 0. The molecule has 4 rings (SSSR count). The van der Waals surface area contributed by atoms with Crippen LogP contribution < -0.4 is 16.0 Å². The maximum Gasteiger partial charge on any atom is 0.131 e. The number of aliphatic imine (C=N–C) groups is 1. The van der Waals surface area contributed by atoms with Gasteiger partial charge < -0.3 is 36.3 Å². The van der Waals surface area contributed by atoms with Crippen LogP contribution >= 0.6 is 12.6 Å². The van der Waals surface area contributed by atoms with Crippen LogP contribution in [0.5, 0.6) is 0 Å². The number of pyridine rings is 1. The lowest BCUT2D eigenvalue weighted by Crippen LogP contribution is -2.20. The zero-order valence-corrected chi connectivity index (χ0v) is 25.9. The fourth-order valence-electron chi connectivity index (χ4n) is 3.93. The van der Waals surface area contributed by atoms with Gasteiger partial charge in [0.2, 0.25) is 0 Å². The average Bonchev–Trinajstić information content (AvgIpc) is 3.48. The van der Waals surface area contributed by atoms with E-state index in [1.165, 1.54) is 54.9 Å². The Labute approximate surface area is 242 Å². The largest absolute Gasteiger partial charge is 0.412 e. The topological polar surface area (TPSA) is 152 Å². The Morgan fingerprint density at radius 2 is 1.77 bits per heavy atom. The molecule has 0 aromatic carbocycles. The van der Waals surface area contributed by atoms with E-state index in [-0.39, 0.29) is 11.0 Å². The van der Waals surface area contributed by atoms with Crippen LogP contribution in [0, 0.1) is 6.92 Å². The number of nitrogens with zero attached hydrogens (tertiary/aromatic N) is 4. The zero-order valence-electron chi connectivity index (χ0n) is 25.0. The van der Waals surface area contributed by atoms with Crippen LogP contribution in [0.25, 0.3) is 0 Å². The molecule has 0 unspecified atom stereocenters. The van der Waals surface area contributed by atoms with Gasteiger partial charge in [0.05, 0.1) is 5.71 Å². The first-order valence-electron chi connectivity index (χ1n) is 13.5. The van der Waals surface area contributed by atoms with Crippen molar-refractivity contribution in [2.75, 3.05) is 37.6 Å². The molecule has 39 heavy (non-hydrogen) atoms. The molecule has 1 saturated heterocycles. The van der Waals surface area contributed by atoms with E-state index in [4.69, 9.17) is 10.5 Å². The molecular weight excluding hydrogens is 512 g/mol. The average molecular weight is 567 g/mol. The predicted octanol–water partition coefficient (Wildman–Crippen LogP) is 3.51. The highest BCUT2D eigenvalue weighted by atomic mass is 32.1. The van der Waals surface area contributed by atoms with E-state index in [0.29, 0.717) is 0 Å². The van der Waals surface area contributed by atoms with Gasteiger partial charge in [0.25, 0.3) is 0 Å². The highest BCUT2D eigenvalue weighted by Crippen LogP contribution is 2.21. The number of thiol groups is 1. The van der Waals surface area contributed by atoms with Crippen LogP contribution in [0.3, 0.4) is 0 Å². The van der Waals surface area contributed by atoms with Crippen LogP contribution in [0.15, 0.2) is 46.6 Å². The van der Waals surface area contributed by atoms with E-state index in [2.05, 4.69) is 77.3 Å². The quantitative estimate of drug-likeness (QED) is 0.484. The summed E-state index contributed by atoms with van der Waals surface area (Å²) in [4.78, 5) is 20.3. The van der Waals surface area contributed by atoms with Crippen molar-refractivity contribution in [1.82, 2.24) is 14.9 Å². The summed E-state index contributed by atoms with van der Waals surface area (Å²) in [6.07, 6.45) is 11.2. The number of anilines is 1. The van der Waals surface area contributed by atoms with Crippen LogP contribution in [0.1, 0.15) is 63.9 Å². The lowest BCUT2D eigenvalue weighted by atomic mass is 10.2. The van der Waals surface area contributed by atoms with Gasteiger partial charge in [0, 0.05) is 55.7 Å². The van der Waals surface area contributed by atoms with Gasteiger partial charge >= 0.3 is 0 Å². The molecule has 0 saturated carbocycles. The molecular formula is C29H54N6O3S. The number of rotatable bonds is 4. The van der Waals surface area contributed by atoms with E-state index >= 15 is 0 Å². The minimum absolute atomic E-state index is 0. The smallest absolute Gasteiger partial charge is 0.131 e. The molecule has 2 aliphatic heterocycles. The summed E-state index contributed by atoms with van der Waals surface area (Å²) < 4.78 is 2.18. The van der Waals surface area contributed by atoms with Crippen LogP contribution in [-0.4, -0.2) is 65.7 Å². The summed E-state index contributed by atoms with van der Waals surface area (Å²) in [6, 6.07) is 6.33. The second-order valence-corrected chi connectivity index (χ2v) is 8.80. The Morgan fingerprint density at radius 1 is 1.13 bits per heavy atom. The minimum Gasteiger partial charge on any atom is -0.412 e. The summed E-state index contributed by atoms with van der Waals surface area (Å²) in [5.74, 6) is 1.21. The lowest BCUT2D eigenvalue weighted by molar-refractivity contribution is -0.0980. The van der Waals surface area contributed by atoms with Crippen LogP contribution in [0.2, 0.25) is 0 Å². The molecule has 0 radical (unpaired) electrons. The normalized spacial score (nSPS) is 13.7. The van der Waals surface area contributed by atoms with Crippen molar-refractivity contribution in [2.45, 2.75) is 71.6 Å². The van der Waals surface area contributed by atoms with Crippen molar-refractivity contribution in [2.24, 2.45) is 17.8 Å². The standard InChI is InChI=1S/C11H16N2.C8H13NS.C7H13N3.C2H6.CH2O.2H2O/c1-2-10-6-5-7-12-11(10)13-8-3-4-9-13;1-4-7-5-8(10)6(2)9(7)3;8-3-2-7-6-9-4-1-5-10-7;2*1-2;;/h5-7H,2-4,8-9H2,1H3;5,10H,4H2,1-3H3;2-3,9H,1,4-6,8H2;1-2H3;1H2;2*1H2/b;;3-2-;;;;. The molecule has 9 nitrogen and oxygen atoms in total. The predicted molar refractivity (Wildman–Crippen MR) is 171 cm³/mol. The molecule has 0 amide bonds. The molecule has 10 heteroatoms. The molecule has 224 valence electrons. The third kappa shape index (κ3) is 14.9. The molecule has 2 aromatic heterocycles. The van der Waals surface area contributed by atoms with E-state index < -0.39 is 0 Å². The number of hydrogen-bond donors (Lipinski definition) is 3.